The van der Waals surface area contributed by atoms with E-state index in [1.54, 1.807) is 0 Å². The fraction of sp³-hybridized carbons (Fsp3) is 0.684. The molecule has 2 aliphatic rings. The molecule has 1 aromatic carbocycles. The molecule has 2 nitrogen and oxygen atoms in total. The smallest absolute Gasteiger partial charge is 0.0438 e. The molecule has 1 aromatic rings. The number of nitrogens with zero attached hydrogens (tertiary/aromatic N) is 1. The van der Waals surface area contributed by atoms with Crippen molar-refractivity contribution < 1.29 is 0 Å². The molecule has 0 spiro atoms. The monoisotopic (exact) mass is 286 g/mol. The molecule has 1 heterocycles. The quantitative estimate of drug-likeness (QED) is 0.899. The Balaban J connectivity index is 1.91. The third-order valence-corrected chi connectivity index (χ3v) is 5.21. The minimum absolute atomic E-state index is 0.586. The van der Waals surface area contributed by atoms with Crippen molar-refractivity contribution in [2.45, 2.75) is 58.5 Å². The Labute approximate surface area is 129 Å². The van der Waals surface area contributed by atoms with Gasteiger partial charge in [0.1, 0.15) is 0 Å². The maximum Gasteiger partial charge on any atom is 0.0438 e. The first-order valence-corrected chi connectivity index (χ1v) is 8.67. The summed E-state index contributed by atoms with van der Waals surface area (Å²) in [4.78, 5) is 2.71. The van der Waals surface area contributed by atoms with Gasteiger partial charge in [-0.1, -0.05) is 45.9 Å². The van der Waals surface area contributed by atoms with Gasteiger partial charge in [0.05, 0.1) is 0 Å². The number of hydrogen-bond donors (Lipinski definition) is 1. The van der Waals surface area contributed by atoms with Crippen molar-refractivity contribution in [3.05, 3.63) is 29.8 Å². The molecule has 2 atom stereocenters. The van der Waals surface area contributed by atoms with Gasteiger partial charge in [0, 0.05) is 30.9 Å². The molecule has 1 saturated carbocycles. The van der Waals surface area contributed by atoms with E-state index in [-0.39, 0.29) is 0 Å². The van der Waals surface area contributed by atoms with Gasteiger partial charge in [0.25, 0.3) is 0 Å². The molecule has 116 valence electrons. The third-order valence-electron chi connectivity index (χ3n) is 5.21. The predicted molar refractivity (Wildman–Crippen MR) is 91.0 cm³/mol. The van der Waals surface area contributed by atoms with Crippen molar-refractivity contribution in [1.82, 2.24) is 5.32 Å². The SMILES string of the molecule is CC(C)c1ccccc1N1CC(C2CC2)NCC1C(C)C. The molecule has 2 fully saturated rings. The Morgan fingerprint density at radius 1 is 1.10 bits per heavy atom. The molecule has 2 heteroatoms. The van der Waals surface area contributed by atoms with Crippen LogP contribution in [0.25, 0.3) is 0 Å². The van der Waals surface area contributed by atoms with Crippen LogP contribution in [0.4, 0.5) is 5.69 Å². The number of para-hydroxylation sites is 1. The highest BCUT2D eigenvalue weighted by Gasteiger charge is 2.38. The zero-order chi connectivity index (χ0) is 15.0. The van der Waals surface area contributed by atoms with Crippen LogP contribution in [0.2, 0.25) is 0 Å². The second-order valence-electron chi connectivity index (χ2n) is 7.53. The van der Waals surface area contributed by atoms with Gasteiger partial charge >= 0.3 is 0 Å². The highest BCUT2D eigenvalue weighted by molar-refractivity contribution is 5.56. The number of hydrogen-bond acceptors (Lipinski definition) is 2. The summed E-state index contributed by atoms with van der Waals surface area (Å²) in [7, 11) is 0. The van der Waals surface area contributed by atoms with Crippen molar-refractivity contribution in [2.75, 3.05) is 18.0 Å². The molecule has 1 aliphatic heterocycles. The largest absolute Gasteiger partial charge is 0.365 e. The molecule has 21 heavy (non-hydrogen) atoms. The summed E-state index contributed by atoms with van der Waals surface area (Å²) in [5, 5.41) is 3.82. The van der Waals surface area contributed by atoms with Crippen molar-refractivity contribution in [2.24, 2.45) is 11.8 Å². The molecule has 0 amide bonds. The Bertz CT molecular complexity index is 476. The van der Waals surface area contributed by atoms with Crippen LogP contribution >= 0.6 is 0 Å². The predicted octanol–water partition coefficient (Wildman–Crippen LogP) is 4.02. The fourth-order valence-electron chi connectivity index (χ4n) is 3.72. The van der Waals surface area contributed by atoms with Gasteiger partial charge in [-0.25, -0.2) is 0 Å². The van der Waals surface area contributed by atoms with Gasteiger partial charge in [0.2, 0.25) is 0 Å². The van der Waals surface area contributed by atoms with E-state index >= 15 is 0 Å². The third kappa shape index (κ3) is 3.11. The van der Waals surface area contributed by atoms with Gasteiger partial charge in [-0.15, -0.1) is 0 Å². The molecule has 0 radical (unpaired) electrons. The van der Waals surface area contributed by atoms with E-state index in [4.69, 9.17) is 0 Å². The number of piperazine rings is 1. The highest BCUT2D eigenvalue weighted by Crippen LogP contribution is 2.37. The Morgan fingerprint density at radius 3 is 2.43 bits per heavy atom. The first-order valence-electron chi connectivity index (χ1n) is 8.67. The molecule has 1 saturated heterocycles. The number of rotatable bonds is 4. The van der Waals surface area contributed by atoms with Crippen LogP contribution in [-0.2, 0) is 0 Å². The molecule has 2 unspecified atom stereocenters. The number of anilines is 1. The lowest BCUT2D eigenvalue weighted by Gasteiger charge is -2.45. The summed E-state index contributed by atoms with van der Waals surface area (Å²) < 4.78 is 0. The normalized spacial score (nSPS) is 26.7. The van der Waals surface area contributed by atoms with Crippen LogP contribution in [0.15, 0.2) is 24.3 Å². The Hall–Kier alpha value is -1.02. The summed E-state index contributed by atoms with van der Waals surface area (Å²) >= 11 is 0. The summed E-state index contributed by atoms with van der Waals surface area (Å²) in [5.74, 6) is 2.19. The van der Waals surface area contributed by atoms with E-state index in [9.17, 15) is 0 Å². The summed E-state index contributed by atoms with van der Waals surface area (Å²) in [6.45, 7) is 11.6. The average molecular weight is 286 g/mol. The Kier molecular flexibility index (Phi) is 4.26. The number of benzene rings is 1. The maximum atomic E-state index is 3.82. The molecule has 3 rings (SSSR count). The lowest BCUT2D eigenvalue weighted by atomic mass is 9.93. The molecular weight excluding hydrogens is 256 g/mol. The second kappa shape index (κ2) is 6.00. The van der Waals surface area contributed by atoms with Crippen LogP contribution in [0.5, 0.6) is 0 Å². The molecule has 1 aliphatic carbocycles. The molecule has 1 N–H and O–H groups in total. The Morgan fingerprint density at radius 2 is 1.81 bits per heavy atom. The van der Waals surface area contributed by atoms with Crippen molar-refractivity contribution in [3.8, 4) is 0 Å². The first-order chi connectivity index (χ1) is 10.1. The topological polar surface area (TPSA) is 15.3 Å². The summed E-state index contributed by atoms with van der Waals surface area (Å²) in [6.07, 6.45) is 2.84. The zero-order valence-corrected chi connectivity index (χ0v) is 14.0. The van der Waals surface area contributed by atoms with Crippen molar-refractivity contribution in [1.29, 1.82) is 0 Å². The maximum absolute atomic E-state index is 3.82. The van der Waals surface area contributed by atoms with E-state index in [2.05, 4.69) is 62.2 Å². The van der Waals surface area contributed by atoms with E-state index in [0.717, 1.165) is 12.5 Å². The average Bonchev–Trinajstić information content (AvgIpc) is 3.31. The highest BCUT2D eigenvalue weighted by atomic mass is 15.2. The van der Waals surface area contributed by atoms with Gasteiger partial charge in [-0.2, -0.15) is 0 Å². The fourth-order valence-corrected chi connectivity index (χ4v) is 3.72. The summed E-state index contributed by atoms with van der Waals surface area (Å²) in [5.41, 5.74) is 2.97. The van der Waals surface area contributed by atoms with Crippen LogP contribution < -0.4 is 10.2 Å². The second-order valence-corrected chi connectivity index (χ2v) is 7.53. The minimum atomic E-state index is 0.586. The van der Waals surface area contributed by atoms with E-state index in [1.165, 1.54) is 30.6 Å². The van der Waals surface area contributed by atoms with Crippen LogP contribution in [0.3, 0.4) is 0 Å². The number of nitrogens with one attached hydrogen (secondary N) is 1. The van der Waals surface area contributed by atoms with Gasteiger partial charge < -0.3 is 10.2 Å². The standard InChI is InChI=1S/C19H30N2/c1-13(2)16-7-5-6-8-18(16)21-12-17(15-9-10-15)20-11-19(21)14(3)4/h5-8,13-15,17,19-20H,9-12H2,1-4H3. The van der Waals surface area contributed by atoms with E-state index in [0.29, 0.717) is 23.9 Å². The first kappa shape index (κ1) is 14.9. The zero-order valence-electron chi connectivity index (χ0n) is 14.0. The van der Waals surface area contributed by atoms with Crippen LogP contribution in [0.1, 0.15) is 52.0 Å². The van der Waals surface area contributed by atoms with Gasteiger partial charge in [-0.05, 0) is 42.2 Å². The molecule has 0 bridgehead atoms. The van der Waals surface area contributed by atoms with Crippen molar-refractivity contribution >= 4 is 5.69 Å². The van der Waals surface area contributed by atoms with Crippen LogP contribution in [-0.4, -0.2) is 25.2 Å². The van der Waals surface area contributed by atoms with Crippen molar-refractivity contribution in [3.63, 3.8) is 0 Å². The summed E-state index contributed by atoms with van der Waals surface area (Å²) in [6, 6.07) is 10.3. The lowest BCUT2D eigenvalue weighted by molar-refractivity contribution is 0.319. The van der Waals surface area contributed by atoms with E-state index in [1.807, 2.05) is 0 Å². The van der Waals surface area contributed by atoms with Gasteiger partial charge in [-0.3, -0.25) is 0 Å². The lowest BCUT2D eigenvalue weighted by Crippen LogP contribution is -2.59. The van der Waals surface area contributed by atoms with E-state index < -0.39 is 0 Å². The van der Waals surface area contributed by atoms with Crippen LogP contribution in [0, 0.1) is 11.8 Å². The molecular formula is C19H30N2. The minimum Gasteiger partial charge on any atom is -0.365 e. The molecule has 0 aromatic heterocycles. The van der Waals surface area contributed by atoms with Gasteiger partial charge in [0.15, 0.2) is 0 Å².